The Morgan fingerprint density at radius 2 is 0.685 bits per heavy atom. The Morgan fingerprint density at radius 1 is 0.397 bits per heavy atom. The lowest BCUT2D eigenvalue weighted by molar-refractivity contribution is -0.119. The van der Waals surface area contributed by atoms with Crippen molar-refractivity contribution in [2.75, 3.05) is 0 Å². The third-order valence-corrected chi connectivity index (χ3v) is 11.3. The van der Waals surface area contributed by atoms with Gasteiger partial charge in [-0.15, -0.1) is 0 Å². The first-order valence-corrected chi connectivity index (χ1v) is 23.0. The fourth-order valence-electron chi connectivity index (χ4n) is 6.04. The van der Waals surface area contributed by atoms with Gasteiger partial charge in [0.1, 0.15) is 5.78 Å². The largest absolute Gasteiger partial charge is 0.299 e. The van der Waals surface area contributed by atoms with Crippen LogP contribution in [0.5, 0.6) is 0 Å². The Kier molecular flexibility index (Phi) is 65.5. The van der Waals surface area contributed by atoms with Gasteiger partial charge in [-0.3, -0.25) is 33.6 Å². The number of hydrogen-bond donors (Lipinski definition) is 0. The van der Waals surface area contributed by atoms with Crippen molar-refractivity contribution in [2.24, 2.45) is 11.3 Å². The Balaban J connectivity index is -0.0000000595. The van der Waals surface area contributed by atoms with Crippen molar-refractivity contribution in [3.8, 4) is 11.8 Å². The summed E-state index contributed by atoms with van der Waals surface area (Å²) in [6.07, 6.45) is 3.25. The molecule has 0 radical (unpaired) electrons. The highest BCUT2D eigenvalue weighted by Crippen LogP contribution is 2.59. The van der Waals surface area contributed by atoms with Crippen molar-refractivity contribution in [3.05, 3.63) is 101 Å². The predicted molar refractivity (Wildman–Crippen MR) is 330 cm³/mol. The number of ketones is 7. The average Bonchev–Trinajstić information content (AvgIpc) is 3.79. The third kappa shape index (κ3) is 45.3. The molecular weight excluding hydrogens is 905 g/mol. The minimum atomic E-state index is -0.0718. The van der Waals surface area contributed by atoms with Crippen molar-refractivity contribution in [1.82, 2.24) is 0 Å². The summed E-state index contributed by atoms with van der Waals surface area (Å²) >= 11 is 0. The highest BCUT2D eigenvalue weighted by molar-refractivity contribution is 5.98. The summed E-state index contributed by atoms with van der Waals surface area (Å²) in [5.74, 6) is 6.00. The molecule has 0 aromatic carbocycles. The van der Waals surface area contributed by atoms with Gasteiger partial charge < -0.3 is 0 Å². The van der Waals surface area contributed by atoms with Gasteiger partial charge in [0.05, 0.1) is 0 Å². The highest BCUT2D eigenvalue weighted by Gasteiger charge is 2.55. The maximum absolute atomic E-state index is 11.2. The molecule has 0 bridgehead atoms. The van der Waals surface area contributed by atoms with Crippen molar-refractivity contribution >= 4 is 40.5 Å². The third-order valence-electron chi connectivity index (χ3n) is 11.3. The van der Waals surface area contributed by atoms with E-state index in [4.69, 9.17) is 0 Å². The summed E-state index contributed by atoms with van der Waals surface area (Å²) in [6, 6.07) is 0. The van der Waals surface area contributed by atoms with Gasteiger partial charge >= 0.3 is 0 Å². The van der Waals surface area contributed by atoms with Gasteiger partial charge in [-0.1, -0.05) is 109 Å². The fraction of sp³-hybridized carbons (Fsp3) is 0.591. The van der Waals surface area contributed by atoms with E-state index in [1.807, 2.05) is 90.0 Å². The molecule has 1 unspecified atom stereocenters. The standard InChI is InChI=1S/3C11H18O.C10H16O.C7H12O.C5H8O.C5H6O.6CH4/c2*1-7(2)8(3)9(4)10(5)11(6)12;1-7(2)9(5)11(8(3)4)10(6)12;1-6(2)8-9(7(3)11)10(8,4)5;1-5(2)6(3)7(4)8;2*1-3-4-5(2)6;;;;;;/h3*1-6H3;9H,1-5H3;1-4H3;3-4H,1-2H3;1-2H3;6*1H4/b10-9+;10-9-;;;;4-3-;;;;;;;. The molecule has 1 aliphatic carbocycles. The molecule has 0 N–H and O–H groups in total. The van der Waals surface area contributed by atoms with Crippen LogP contribution in [0.3, 0.4) is 0 Å². The molecule has 0 amide bonds. The van der Waals surface area contributed by atoms with Gasteiger partial charge in [-0.2, -0.15) is 0 Å². The number of rotatable bonds is 9. The van der Waals surface area contributed by atoms with Crippen LogP contribution in [0.2, 0.25) is 0 Å². The van der Waals surface area contributed by atoms with Crippen LogP contribution >= 0.6 is 0 Å². The van der Waals surface area contributed by atoms with Crippen LogP contribution in [0.4, 0.5) is 0 Å². The van der Waals surface area contributed by atoms with E-state index in [-0.39, 0.29) is 90.6 Å². The number of hydrogen-bond acceptors (Lipinski definition) is 7. The zero-order valence-electron chi connectivity index (χ0n) is 48.6. The van der Waals surface area contributed by atoms with Gasteiger partial charge in [-0.25, -0.2) is 0 Å². The van der Waals surface area contributed by atoms with E-state index in [0.717, 1.165) is 50.2 Å². The second kappa shape index (κ2) is 49.1. The molecule has 0 aromatic rings. The first-order valence-electron chi connectivity index (χ1n) is 23.0. The highest BCUT2D eigenvalue weighted by atomic mass is 16.1. The average molecular weight is 1030 g/mol. The lowest BCUT2D eigenvalue weighted by atomic mass is 9.96. The molecule has 1 atom stereocenters. The molecule has 1 aliphatic rings. The second-order valence-corrected chi connectivity index (χ2v) is 18.8. The molecule has 7 heteroatoms. The smallest absolute Gasteiger partial charge is 0.202 e. The molecule has 0 aliphatic heterocycles. The Morgan fingerprint density at radius 3 is 0.753 bits per heavy atom. The predicted octanol–water partition coefficient (Wildman–Crippen LogP) is 19.9. The van der Waals surface area contributed by atoms with Crippen LogP contribution in [0, 0.1) is 23.2 Å². The maximum atomic E-state index is 11.2. The minimum Gasteiger partial charge on any atom is -0.299 e. The monoisotopic (exact) mass is 1020 g/mol. The van der Waals surface area contributed by atoms with Gasteiger partial charge in [-0.05, 0) is 250 Å². The lowest BCUT2D eigenvalue weighted by Crippen LogP contribution is -2.01. The molecule has 1 fully saturated rings. The van der Waals surface area contributed by atoms with Crippen LogP contribution in [-0.2, 0) is 33.6 Å². The summed E-state index contributed by atoms with van der Waals surface area (Å²) in [6.45, 7) is 58.8. The molecule has 73 heavy (non-hydrogen) atoms. The van der Waals surface area contributed by atoms with Gasteiger partial charge in [0.15, 0.2) is 28.9 Å². The molecule has 0 aromatic heterocycles. The van der Waals surface area contributed by atoms with Crippen LogP contribution in [-0.4, -0.2) is 40.5 Å². The van der Waals surface area contributed by atoms with Crippen LogP contribution in [0.1, 0.15) is 259 Å². The van der Waals surface area contributed by atoms with Crippen LogP contribution in [0.15, 0.2) is 101 Å². The number of carbonyl (C=O) groups is 7. The molecule has 1 rings (SSSR count). The zero-order chi connectivity index (χ0) is 55.2. The van der Waals surface area contributed by atoms with E-state index >= 15 is 0 Å². The van der Waals surface area contributed by atoms with E-state index in [2.05, 4.69) is 81.1 Å². The van der Waals surface area contributed by atoms with Crippen molar-refractivity contribution in [2.45, 2.75) is 259 Å². The van der Waals surface area contributed by atoms with E-state index in [1.165, 1.54) is 58.9 Å². The second-order valence-electron chi connectivity index (χ2n) is 18.8. The molecular formula is C66H120O7. The summed E-state index contributed by atoms with van der Waals surface area (Å²) < 4.78 is 0. The van der Waals surface area contributed by atoms with Crippen molar-refractivity contribution < 1.29 is 33.6 Å². The first kappa shape index (κ1) is 97.3. The lowest BCUT2D eigenvalue weighted by Gasteiger charge is -2.08. The Hall–Kier alpha value is -5.09. The molecule has 426 valence electrons. The first-order chi connectivity index (χ1) is 30.1. The zero-order valence-corrected chi connectivity index (χ0v) is 48.6. The van der Waals surface area contributed by atoms with Crippen LogP contribution < -0.4 is 0 Å². The van der Waals surface area contributed by atoms with E-state index < -0.39 is 0 Å². The minimum absolute atomic E-state index is 0. The Bertz CT molecular complexity index is 2060. The number of allylic oxidation sites excluding steroid dienone is 18. The summed E-state index contributed by atoms with van der Waals surface area (Å²) in [7, 11) is 0. The number of Topliss-reactive ketones (excluding diaryl/α,β-unsaturated/α-hetero) is 6. The summed E-state index contributed by atoms with van der Waals surface area (Å²) in [5, 5.41) is 0. The summed E-state index contributed by atoms with van der Waals surface area (Å²) in [5.41, 5.74) is 18.1. The van der Waals surface area contributed by atoms with Gasteiger partial charge in [0.25, 0.3) is 0 Å². The van der Waals surface area contributed by atoms with E-state index in [9.17, 15) is 33.6 Å². The van der Waals surface area contributed by atoms with Crippen LogP contribution in [0.25, 0.3) is 0 Å². The van der Waals surface area contributed by atoms with Crippen molar-refractivity contribution in [1.29, 1.82) is 0 Å². The van der Waals surface area contributed by atoms with Gasteiger partial charge in [0.2, 0.25) is 5.78 Å². The molecule has 1 saturated carbocycles. The quantitative estimate of drug-likeness (QED) is 0.0742. The molecule has 0 spiro atoms. The molecule has 7 nitrogen and oxygen atoms in total. The van der Waals surface area contributed by atoms with Crippen molar-refractivity contribution in [3.63, 3.8) is 0 Å². The van der Waals surface area contributed by atoms with E-state index in [0.29, 0.717) is 5.78 Å². The molecule has 0 saturated heterocycles. The fourth-order valence-corrected chi connectivity index (χ4v) is 6.04. The van der Waals surface area contributed by atoms with Gasteiger partial charge in [0, 0.05) is 23.8 Å². The summed E-state index contributed by atoms with van der Waals surface area (Å²) in [4.78, 5) is 74.8. The van der Waals surface area contributed by atoms with E-state index in [1.54, 1.807) is 47.6 Å². The Labute approximate surface area is 455 Å². The molecule has 0 heterocycles. The normalized spacial score (nSPS) is 11.7. The maximum Gasteiger partial charge on any atom is 0.202 e. The number of carbonyl (C=O) groups excluding carboxylic acids is 7. The topological polar surface area (TPSA) is 119 Å². The SMILES string of the molecule is C.C.C.C.C.C.C/C=C\C(C)=O.CC#CC(C)=O.CC(=O)/C(C)=C(/C)C(C)=C(C)C.CC(=O)/C(C)=C(\C)C(C)=C(C)C.CC(=O)C(=C(C)C)C(C)=C(C)C.CC(=O)C(C)=C(C)C.CC(=O)C1C(=C(C)C)C1(C)C.